The van der Waals surface area contributed by atoms with E-state index < -0.39 is 6.03 Å². The third kappa shape index (κ3) is 1.49. The minimum Gasteiger partial charge on any atom is -0.383 e. The molecular formula is C6H9N5O2. The van der Waals surface area contributed by atoms with Crippen LogP contribution in [-0.4, -0.2) is 33.9 Å². The maximum Gasteiger partial charge on any atom is 0.344 e. The molecule has 0 bridgehead atoms. The molecule has 7 heteroatoms. The lowest BCUT2D eigenvalue weighted by Crippen LogP contribution is -2.36. The molecule has 0 aromatic carbocycles. The fourth-order valence-electron chi connectivity index (χ4n) is 0.785. The van der Waals surface area contributed by atoms with E-state index in [1.807, 2.05) is 0 Å². The summed E-state index contributed by atoms with van der Waals surface area (Å²) in [6.07, 6.45) is 1.61. The van der Waals surface area contributed by atoms with Gasteiger partial charge in [0.15, 0.2) is 6.29 Å². The zero-order valence-electron chi connectivity index (χ0n) is 6.97. The van der Waals surface area contributed by atoms with Crippen LogP contribution in [0.5, 0.6) is 0 Å². The molecule has 0 saturated heterocycles. The highest BCUT2D eigenvalue weighted by Gasteiger charge is 2.14. The van der Waals surface area contributed by atoms with Gasteiger partial charge in [-0.05, 0) is 0 Å². The summed E-state index contributed by atoms with van der Waals surface area (Å²) in [5, 5.41) is 0.840. The van der Waals surface area contributed by atoms with Gasteiger partial charge in [-0.25, -0.2) is 20.2 Å². The van der Waals surface area contributed by atoms with Crippen LogP contribution in [0.1, 0.15) is 10.5 Å². The summed E-state index contributed by atoms with van der Waals surface area (Å²) in [6, 6.07) is -0.557. The highest BCUT2D eigenvalue weighted by Crippen LogP contribution is 2.07. The number of rotatable bonds is 1. The fraction of sp³-hybridized carbons (Fsp3) is 0.167. The number of amides is 1. The van der Waals surface area contributed by atoms with E-state index in [0.29, 0.717) is 6.29 Å². The third-order valence-electron chi connectivity index (χ3n) is 1.45. The van der Waals surface area contributed by atoms with Crippen LogP contribution < -0.4 is 11.6 Å². The van der Waals surface area contributed by atoms with Crippen LogP contribution in [0.25, 0.3) is 0 Å². The van der Waals surface area contributed by atoms with Crippen LogP contribution in [0.4, 0.5) is 10.6 Å². The Bertz CT molecular complexity index is 343. The summed E-state index contributed by atoms with van der Waals surface area (Å²) in [7, 11) is 1.36. The first-order valence-electron chi connectivity index (χ1n) is 3.38. The number of carbonyl (C=O) groups is 2. The summed E-state index contributed by atoms with van der Waals surface area (Å²) >= 11 is 0. The molecule has 1 amide bonds. The second-order valence-corrected chi connectivity index (χ2v) is 2.40. The number of aromatic nitrogens is 2. The Morgan fingerprint density at radius 2 is 2.38 bits per heavy atom. The average Bonchev–Trinajstić information content (AvgIpc) is 2.45. The zero-order chi connectivity index (χ0) is 10.0. The van der Waals surface area contributed by atoms with Crippen molar-refractivity contribution in [1.82, 2.24) is 14.6 Å². The van der Waals surface area contributed by atoms with Crippen molar-refractivity contribution < 1.29 is 9.59 Å². The lowest BCUT2D eigenvalue weighted by Gasteiger charge is -2.10. The van der Waals surface area contributed by atoms with Crippen molar-refractivity contribution in [1.29, 1.82) is 0 Å². The number of carbonyl (C=O) groups excluding carboxylic acids is 2. The molecule has 1 aromatic rings. The lowest BCUT2D eigenvalue weighted by molar-refractivity contribution is 0.112. The molecule has 0 saturated carbocycles. The maximum absolute atomic E-state index is 11.2. The normalized spacial score (nSPS) is 9.69. The monoisotopic (exact) mass is 183 g/mol. The maximum atomic E-state index is 11.2. The van der Waals surface area contributed by atoms with E-state index in [1.165, 1.54) is 7.05 Å². The Labute approximate surface area is 73.9 Å². The predicted octanol–water partition coefficient (Wildman–Crippen LogP) is -0.949. The largest absolute Gasteiger partial charge is 0.383 e. The molecule has 1 rings (SSSR count). The molecule has 0 unspecified atom stereocenters. The molecule has 0 radical (unpaired) electrons. The quantitative estimate of drug-likeness (QED) is 0.252. The number of anilines is 1. The van der Waals surface area contributed by atoms with Crippen molar-refractivity contribution in [2.24, 2.45) is 5.84 Å². The van der Waals surface area contributed by atoms with Crippen molar-refractivity contribution in [2.45, 2.75) is 0 Å². The first-order valence-corrected chi connectivity index (χ1v) is 3.38. The minimum atomic E-state index is -0.557. The van der Waals surface area contributed by atoms with E-state index in [4.69, 9.17) is 11.6 Å². The van der Waals surface area contributed by atoms with Gasteiger partial charge in [-0.15, -0.1) is 0 Å². The average molecular weight is 183 g/mol. The van der Waals surface area contributed by atoms with Crippen molar-refractivity contribution >= 4 is 18.1 Å². The zero-order valence-corrected chi connectivity index (χ0v) is 6.97. The number of aldehydes is 1. The molecule has 0 aliphatic heterocycles. The molecule has 4 N–H and O–H groups in total. The lowest BCUT2D eigenvalue weighted by atomic mass is 10.5. The summed E-state index contributed by atoms with van der Waals surface area (Å²) in [4.78, 5) is 25.1. The summed E-state index contributed by atoms with van der Waals surface area (Å²) in [6.45, 7) is 0. The molecule has 0 atom stereocenters. The van der Waals surface area contributed by atoms with Gasteiger partial charge in [0.2, 0.25) is 0 Å². The SMILES string of the molecule is CN(N)C(=O)n1cnc(C=O)c1N. The van der Waals surface area contributed by atoms with Gasteiger partial charge in [0.25, 0.3) is 0 Å². The van der Waals surface area contributed by atoms with E-state index in [1.54, 1.807) is 0 Å². The van der Waals surface area contributed by atoms with Crippen LogP contribution in [0, 0.1) is 0 Å². The first-order chi connectivity index (χ1) is 6.07. The van der Waals surface area contributed by atoms with Crippen LogP contribution >= 0.6 is 0 Å². The Morgan fingerprint density at radius 1 is 1.77 bits per heavy atom. The summed E-state index contributed by atoms with van der Waals surface area (Å²) in [5.41, 5.74) is 5.44. The molecule has 0 aliphatic carbocycles. The predicted molar refractivity (Wildman–Crippen MR) is 44.8 cm³/mol. The fourth-order valence-corrected chi connectivity index (χ4v) is 0.785. The van der Waals surface area contributed by atoms with Crippen molar-refractivity contribution in [3.63, 3.8) is 0 Å². The highest BCUT2D eigenvalue weighted by molar-refractivity contribution is 5.86. The van der Waals surface area contributed by atoms with Crippen LogP contribution in [0.3, 0.4) is 0 Å². The highest BCUT2D eigenvalue weighted by atomic mass is 16.2. The van der Waals surface area contributed by atoms with Crippen LogP contribution in [-0.2, 0) is 0 Å². The molecular weight excluding hydrogens is 174 g/mol. The van der Waals surface area contributed by atoms with E-state index in [0.717, 1.165) is 15.9 Å². The summed E-state index contributed by atoms with van der Waals surface area (Å²) in [5.74, 6) is 5.16. The molecule has 70 valence electrons. The Balaban J connectivity index is 3.09. The molecule has 0 aliphatic rings. The van der Waals surface area contributed by atoms with Crippen molar-refractivity contribution in [3.8, 4) is 0 Å². The Morgan fingerprint density at radius 3 is 2.77 bits per heavy atom. The number of nitrogens with zero attached hydrogens (tertiary/aromatic N) is 3. The second-order valence-electron chi connectivity index (χ2n) is 2.40. The van der Waals surface area contributed by atoms with Gasteiger partial charge < -0.3 is 5.73 Å². The van der Waals surface area contributed by atoms with Gasteiger partial charge in [0.1, 0.15) is 17.8 Å². The smallest absolute Gasteiger partial charge is 0.344 e. The van der Waals surface area contributed by atoms with Crippen LogP contribution in [0.15, 0.2) is 6.33 Å². The van der Waals surface area contributed by atoms with Gasteiger partial charge >= 0.3 is 6.03 Å². The van der Waals surface area contributed by atoms with E-state index >= 15 is 0 Å². The number of hydrogen-bond acceptors (Lipinski definition) is 5. The van der Waals surface area contributed by atoms with E-state index in [2.05, 4.69) is 4.98 Å². The molecule has 0 spiro atoms. The molecule has 7 nitrogen and oxygen atoms in total. The van der Waals surface area contributed by atoms with Crippen molar-refractivity contribution in [2.75, 3.05) is 12.8 Å². The number of hydrazine groups is 1. The van der Waals surface area contributed by atoms with Crippen molar-refractivity contribution in [3.05, 3.63) is 12.0 Å². The standard InChI is InChI=1S/C6H9N5O2/c1-10(8)6(13)11-3-9-4(2-12)5(11)7/h2-3H,7-8H2,1H3. The van der Waals surface area contributed by atoms with Gasteiger partial charge in [0.05, 0.1) is 0 Å². The first kappa shape index (κ1) is 9.20. The van der Waals surface area contributed by atoms with Gasteiger partial charge in [-0.3, -0.25) is 9.80 Å². The van der Waals surface area contributed by atoms with E-state index in [9.17, 15) is 9.59 Å². The van der Waals surface area contributed by atoms with Gasteiger partial charge in [-0.1, -0.05) is 0 Å². The number of hydrogen-bond donors (Lipinski definition) is 2. The summed E-state index contributed by atoms with van der Waals surface area (Å²) < 4.78 is 0.990. The molecule has 0 fully saturated rings. The topological polar surface area (TPSA) is 107 Å². The molecule has 13 heavy (non-hydrogen) atoms. The Kier molecular flexibility index (Phi) is 2.29. The minimum absolute atomic E-state index is 0.0164. The molecule has 1 aromatic heterocycles. The number of imidazole rings is 1. The number of nitrogens with two attached hydrogens (primary N) is 2. The van der Waals surface area contributed by atoms with Gasteiger partial charge in [0, 0.05) is 7.05 Å². The second kappa shape index (κ2) is 3.23. The van der Waals surface area contributed by atoms with E-state index in [-0.39, 0.29) is 11.5 Å². The number of nitrogen functional groups attached to an aromatic ring is 1. The molecule has 1 heterocycles. The Hall–Kier alpha value is -1.89. The third-order valence-corrected chi connectivity index (χ3v) is 1.45. The van der Waals surface area contributed by atoms with Crippen LogP contribution in [0.2, 0.25) is 0 Å². The van der Waals surface area contributed by atoms with Gasteiger partial charge in [-0.2, -0.15) is 0 Å².